The Morgan fingerprint density at radius 3 is 2.54 bits per heavy atom. The summed E-state index contributed by atoms with van der Waals surface area (Å²) in [5, 5.41) is 19.3. The first-order valence-electron chi connectivity index (χ1n) is 5.04. The second kappa shape index (κ2) is 3.95. The predicted octanol–water partition coefficient (Wildman–Crippen LogP) is 0.460. The molecule has 1 aliphatic rings. The Morgan fingerprint density at radius 2 is 2.15 bits per heavy atom. The van der Waals surface area contributed by atoms with E-state index in [4.69, 9.17) is 0 Å². The van der Waals surface area contributed by atoms with Crippen LogP contribution in [0.2, 0.25) is 0 Å². The lowest BCUT2D eigenvalue weighted by atomic mass is 9.92. The van der Waals surface area contributed by atoms with Crippen molar-refractivity contribution < 1.29 is 10.2 Å². The van der Waals surface area contributed by atoms with Crippen molar-refractivity contribution >= 4 is 0 Å². The highest BCUT2D eigenvalue weighted by Gasteiger charge is 2.30. The second-order valence-electron chi connectivity index (χ2n) is 4.69. The van der Waals surface area contributed by atoms with E-state index < -0.39 is 5.60 Å². The number of rotatable bonds is 3. The summed E-state index contributed by atoms with van der Waals surface area (Å²) in [5.41, 5.74) is -0.635. The lowest BCUT2D eigenvalue weighted by molar-refractivity contribution is -0.0157. The average Bonchev–Trinajstić information content (AvgIpc) is 2.34. The molecule has 0 aromatic carbocycles. The number of likely N-dealkylation sites (tertiary alicyclic amines) is 1. The molecular weight excluding hydrogens is 166 g/mol. The van der Waals surface area contributed by atoms with Gasteiger partial charge < -0.3 is 10.2 Å². The number of nitrogens with zero attached hydrogens (tertiary/aromatic N) is 1. The third-order valence-electron chi connectivity index (χ3n) is 3.04. The Hall–Kier alpha value is -0.120. The van der Waals surface area contributed by atoms with Gasteiger partial charge in [-0.15, -0.1) is 0 Å². The largest absolute Gasteiger partial charge is 0.392 e. The van der Waals surface area contributed by atoms with Crippen molar-refractivity contribution in [3.05, 3.63) is 0 Å². The Morgan fingerprint density at radius 1 is 1.54 bits per heavy atom. The maximum absolute atomic E-state index is 10.0. The molecule has 1 heterocycles. The van der Waals surface area contributed by atoms with Gasteiger partial charge in [0.1, 0.15) is 0 Å². The molecule has 1 fully saturated rings. The van der Waals surface area contributed by atoms with Crippen molar-refractivity contribution in [1.29, 1.82) is 0 Å². The van der Waals surface area contributed by atoms with E-state index in [1.54, 1.807) is 0 Å². The molecule has 2 unspecified atom stereocenters. The fourth-order valence-electron chi connectivity index (χ4n) is 1.59. The van der Waals surface area contributed by atoms with E-state index in [0.29, 0.717) is 13.1 Å². The molecule has 0 amide bonds. The predicted molar refractivity (Wildman–Crippen MR) is 52.5 cm³/mol. The minimum absolute atomic E-state index is 0.192. The molecule has 1 rings (SSSR count). The highest BCUT2D eigenvalue weighted by molar-refractivity contribution is 4.84. The van der Waals surface area contributed by atoms with E-state index in [9.17, 15) is 10.2 Å². The van der Waals surface area contributed by atoms with Crippen LogP contribution in [0.1, 0.15) is 27.2 Å². The number of aliphatic hydroxyl groups excluding tert-OH is 1. The molecule has 0 radical (unpaired) electrons. The van der Waals surface area contributed by atoms with Gasteiger partial charge in [0, 0.05) is 19.6 Å². The standard InChI is InChI=1S/C10H21NO2/c1-8(2)10(3,13)7-11-5-4-9(12)6-11/h8-9,12-13H,4-7H2,1-3H3. The Kier molecular flexibility index (Phi) is 3.33. The summed E-state index contributed by atoms with van der Waals surface area (Å²) in [6.07, 6.45) is 0.650. The summed E-state index contributed by atoms with van der Waals surface area (Å²) < 4.78 is 0. The summed E-state index contributed by atoms with van der Waals surface area (Å²) in [4.78, 5) is 2.13. The van der Waals surface area contributed by atoms with E-state index in [-0.39, 0.29) is 12.0 Å². The molecule has 0 spiro atoms. The third-order valence-corrected chi connectivity index (χ3v) is 3.04. The summed E-state index contributed by atoms with van der Waals surface area (Å²) in [6.45, 7) is 8.19. The van der Waals surface area contributed by atoms with Crippen LogP contribution in [0.25, 0.3) is 0 Å². The maximum Gasteiger partial charge on any atom is 0.0768 e. The molecule has 0 saturated carbocycles. The zero-order valence-electron chi connectivity index (χ0n) is 8.82. The lowest BCUT2D eigenvalue weighted by Gasteiger charge is -2.32. The minimum Gasteiger partial charge on any atom is -0.392 e. The van der Waals surface area contributed by atoms with Crippen LogP contribution in [-0.4, -0.2) is 46.5 Å². The topological polar surface area (TPSA) is 43.7 Å². The molecule has 3 nitrogen and oxygen atoms in total. The molecule has 78 valence electrons. The molecule has 2 N–H and O–H groups in total. The Balaban J connectivity index is 2.40. The van der Waals surface area contributed by atoms with Crippen molar-refractivity contribution in [1.82, 2.24) is 4.90 Å². The van der Waals surface area contributed by atoms with Gasteiger partial charge in [0.25, 0.3) is 0 Å². The van der Waals surface area contributed by atoms with Gasteiger partial charge in [-0.1, -0.05) is 13.8 Å². The molecule has 0 aliphatic carbocycles. The molecule has 0 aromatic rings. The molecule has 2 atom stereocenters. The molecule has 3 heteroatoms. The second-order valence-corrected chi connectivity index (χ2v) is 4.69. The lowest BCUT2D eigenvalue weighted by Crippen LogP contribution is -2.43. The van der Waals surface area contributed by atoms with Gasteiger partial charge in [0.15, 0.2) is 0 Å². The summed E-state index contributed by atoms with van der Waals surface area (Å²) in [5.74, 6) is 0.255. The molecular formula is C10H21NO2. The van der Waals surface area contributed by atoms with Gasteiger partial charge in [0.2, 0.25) is 0 Å². The van der Waals surface area contributed by atoms with E-state index >= 15 is 0 Å². The zero-order chi connectivity index (χ0) is 10.1. The normalized spacial score (nSPS) is 29.5. The fraction of sp³-hybridized carbons (Fsp3) is 1.00. The third kappa shape index (κ3) is 2.93. The van der Waals surface area contributed by atoms with Crippen LogP contribution in [0.5, 0.6) is 0 Å². The van der Waals surface area contributed by atoms with Gasteiger partial charge in [-0.2, -0.15) is 0 Å². The van der Waals surface area contributed by atoms with E-state index in [1.807, 2.05) is 20.8 Å². The van der Waals surface area contributed by atoms with Gasteiger partial charge >= 0.3 is 0 Å². The zero-order valence-corrected chi connectivity index (χ0v) is 8.82. The van der Waals surface area contributed by atoms with Crippen molar-refractivity contribution in [3.63, 3.8) is 0 Å². The van der Waals surface area contributed by atoms with Crippen LogP contribution in [0.15, 0.2) is 0 Å². The average molecular weight is 187 g/mol. The molecule has 13 heavy (non-hydrogen) atoms. The van der Waals surface area contributed by atoms with Crippen LogP contribution in [0, 0.1) is 5.92 Å². The minimum atomic E-state index is -0.635. The SMILES string of the molecule is CC(C)C(C)(O)CN1CCC(O)C1. The van der Waals surface area contributed by atoms with Crippen LogP contribution >= 0.6 is 0 Å². The van der Waals surface area contributed by atoms with Crippen LogP contribution in [0.3, 0.4) is 0 Å². The van der Waals surface area contributed by atoms with Gasteiger partial charge in [-0.25, -0.2) is 0 Å². The van der Waals surface area contributed by atoms with Crippen molar-refractivity contribution in [2.45, 2.75) is 38.9 Å². The molecule has 1 aliphatic heterocycles. The fourth-order valence-corrected chi connectivity index (χ4v) is 1.59. The number of β-amino-alcohol motifs (C(OH)–C–C–N with tert-alkyl or cyclic N) is 2. The number of aliphatic hydroxyl groups is 2. The highest BCUT2D eigenvalue weighted by Crippen LogP contribution is 2.20. The molecule has 1 saturated heterocycles. The Labute approximate surface area is 80.4 Å². The molecule has 0 aromatic heterocycles. The monoisotopic (exact) mass is 187 g/mol. The van der Waals surface area contributed by atoms with Crippen LogP contribution in [0.4, 0.5) is 0 Å². The van der Waals surface area contributed by atoms with Gasteiger partial charge in [-0.05, 0) is 19.3 Å². The van der Waals surface area contributed by atoms with E-state index in [0.717, 1.165) is 13.0 Å². The highest BCUT2D eigenvalue weighted by atomic mass is 16.3. The van der Waals surface area contributed by atoms with E-state index in [1.165, 1.54) is 0 Å². The quantitative estimate of drug-likeness (QED) is 0.674. The Bertz CT molecular complexity index is 168. The first-order valence-corrected chi connectivity index (χ1v) is 5.04. The van der Waals surface area contributed by atoms with Crippen molar-refractivity contribution in [2.24, 2.45) is 5.92 Å². The summed E-state index contributed by atoms with van der Waals surface area (Å²) in [6, 6.07) is 0. The molecule has 0 bridgehead atoms. The number of hydrogen-bond donors (Lipinski definition) is 2. The summed E-state index contributed by atoms with van der Waals surface area (Å²) >= 11 is 0. The van der Waals surface area contributed by atoms with Gasteiger partial charge in [0.05, 0.1) is 11.7 Å². The first kappa shape index (κ1) is 11.0. The van der Waals surface area contributed by atoms with Gasteiger partial charge in [-0.3, -0.25) is 4.90 Å². The maximum atomic E-state index is 10.0. The summed E-state index contributed by atoms with van der Waals surface area (Å²) in [7, 11) is 0. The smallest absolute Gasteiger partial charge is 0.0768 e. The van der Waals surface area contributed by atoms with Crippen LogP contribution in [-0.2, 0) is 0 Å². The number of hydrogen-bond acceptors (Lipinski definition) is 3. The first-order chi connectivity index (χ1) is 5.92. The van der Waals surface area contributed by atoms with E-state index in [2.05, 4.69) is 4.90 Å². The van der Waals surface area contributed by atoms with Crippen LogP contribution < -0.4 is 0 Å². The van der Waals surface area contributed by atoms with Crippen molar-refractivity contribution in [3.8, 4) is 0 Å². The van der Waals surface area contributed by atoms with Crippen molar-refractivity contribution in [2.75, 3.05) is 19.6 Å².